The van der Waals surface area contributed by atoms with Crippen molar-refractivity contribution in [3.05, 3.63) is 65.2 Å². The van der Waals surface area contributed by atoms with Gasteiger partial charge in [0.2, 0.25) is 11.0 Å². The highest BCUT2D eigenvalue weighted by Gasteiger charge is 2.10. The van der Waals surface area contributed by atoms with Crippen LogP contribution in [0.15, 0.2) is 54.6 Å². The number of hydrogen-bond donors (Lipinski definition) is 2. The second-order valence-corrected chi connectivity index (χ2v) is 6.92. The third-order valence-electron chi connectivity index (χ3n) is 3.45. The van der Waals surface area contributed by atoms with Crippen LogP contribution < -0.4 is 15.8 Å². The van der Waals surface area contributed by atoms with Crippen LogP contribution in [-0.2, 0) is 9.59 Å². The number of nitrogens with zero attached hydrogens (tertiary/aromatic N) is 2. The van der Waals surface area contributed by atoms with Gasteiger partial charge in [0.15, 0.2) is 11.6 Å². The molecule has 0 fully saturated rings. The third kappa shape index (κ3) is 5.38. The molecule has 0 saturated carbocycles. The van der Waals surface area contributed by atoms with Gasteiger partial charge in [0.25, 0.3) is 5.91 Å². The van der Waals surface area contributed by atoms with Gasteiger partial charge in [-0.15, -0.1) is 10.2 Å². The smallest absolute Gasteiger partial charge is 0.255 e. The van der Waals surface area contributed by atoms with Crippen molar-refractivity contribution in [2.24, 2.45) is 5.73 Å². The van der Waals surface area contributed by atoms with E-state index in [1.54, 1.807) is 36.4 Å². The summed E-state index contributed by atoms with van der Waals surface area (Å²) < 4.78 is 5.17. The maximum atomic E-state index is 12.1. The number of halogens is 1. The third-order valence-corrected chi connectivity index (χ3v) is 4.65. The van der Waals surface area contributed by atoms with E-state index in [2.05, 4.69) is 15.5 Å². The average molecular weight is 415 g/mol. The molecule has 2 aromatic carbocycles. The molecule has 3 rings (SSSR count). The zero-order valence-electron chi connectivity index (χ0n) is 14.5. The molecule has 142 valence electrons. The normalized spacial score (nSPS) is 10.8. The van der Waals surface area contributed by atoms with Crippen LogP contribution in [-0.4, -0.2) is 28.6 Å². The second kappa shape index (κ2) is 9.12. The SMILES string of the molecule is NC(=O)COc1ccc(C=CC(=O)Nc2nnc(-c3ccccc3Cl)s2)cc1. The van der Waals surface area contributed by atoms with Gasteiger partial charge in [0.05, 0.1) is 5.02 Å². The quantitative estimate of drug-likeness (QED) is 0.576. The molecule has 1 heterocycles. The van der Waals surface area contributed by atoms with Gasteiger partial charge in [-0.05, 0) is 29.8 Å². The summed E-state index contributed by atoms with van der Waals surface area (Å²) in [6.45, 7) is -0.185. The van der Waals surface area contributed by atoms with E-state index in [0.29, 0.717) is 20.9 Å². The molecule has 28 heavy (non-hydrogen) atoms. The molecule has 0 aliphatic carbocycles. The average Bonchev–Trinajstić information content (AvgIpc) is 3.14. The lowest BCUT2D eigenvalue weighted by atomic mass is 10.2. The first kappa shape index (κ1) is 19.5. The van der Waals surface area contributed by atoms with E-state index in [1.807, 2.05) is 18.2 Å². The molecule has 3 N–H and O–H groups in total. The fraction of sp³-hybridized carbons (Fsp3) is 0.0526. The number of anilines is 1. The Bertz CT molecular complexity index is 1020. The number of aromatic nitrogens is 2. The number of nitrogens with two attached hydrogens (primary N) is 1. The van der Waals surface area contributed by atoms with Crippen molar-refractivity contribution in [3.8, 4) is 16.3 Å². The number of ether oxygens (including phenoxy) is 1. The first-order chi connectivity index (χ1) is 13.5. The minimum atomic E-state index is -0.546. The molecule has 3 aromatic rings. The van der Waals surface area contributed by atoms with Gasteiger partial charge >= 0.3 is 0 Å². The van der Waals surface area contributed by atoms with E-state index in [-0.39, 0.29) is 12.5 Å². The summed E-state index contributed by atoms with van der Waals surface area (Å²) in [6.07, 6.45) is 3.03. The molecule has 9 heteroatoms. The maximum absolute atomic E-state index is 12.1. The van der Waals surface area contributed by atoms with Crippen LogP contribution >= 0.6 is 22.9 Å². The fourth-order valence-electron chi connectivity index (χ4n) is 2.17. The minimum absolute atomic E-state index is 0.185. The van der Waals surface area contributed by atoms with Crippen LogP contribution in [0.1, 0.15) is 5.56 Å². The van der Waals surface area contributed by atoms with E-state index in [1.165, 1.54) is 17.4 Å². The van der Waals surface area contributed by atoms with Crippen molar-refractivity contribution in [2.75, 3.05) is 11.9 Å². The summed E-state index contributed by atoms with van der Waals surface area (Å²) in [5.41, 5.74) is 6.57. The summed E-state index contributed by atoms with van der Waals surface area (Å²) in [7, 11) is 0. The van der Waals surface area contributed by atoms with E-state index in [4.69, 9.17) is 22.1 Å². The number of carbonyl (C=O) groups excluding carboxylic acids is 2. The van der Waals surface area contributed by atoms with E-state index in [9.17, 15) is 9.59 Å². The highest BCUT2D eigenvalue weighted by molar-refractivity contribution is 7.18. The standard InChI is InChI=1S/C19H15ClN4O3S/c20-15-4-2-1-3-14(15)18-23-24-19(28-18)22-17(26)10-7-12-5-8-13(9-6-12)27-11-16(21)25/h1-10H,11H2,(H2,21,25)(H,22,24,26). The second-order valence-electron chi connectivity index (χ2n) is 5.54. The molecular weight excluding hydrogens is 400 g/mol. The number of carbonyl (C=O) groups is 2. The number of primary amides is 1. The van der Waals surface area contributed by atoms with Gasteiger partial charge < -0.3 is 10.5 Å². The monoisotopic (exact) mass is 414 g/mol. The van der Waals surface area contributed by atoms with Crippen molar-refractivity contribution >= 4 is 46.0 Å². The lowest BCUT2D eigenvalue weighted by Gasteiger charge is -2.03. The Hall–Kier alpha value is -3.23. The lowest BCUT2D eigenvalue weighted by Crippen LogP contribution is -2.19. The van der Waals surface area contributed by atoms with Crippen molar-refractivity contribution < 1.29 is 14.3 Å². The number of hydrogen-bond acceptors (Lipinski definition) is 6. The Labute approximate surface area is 169 Å². The first-order valence-electron chi connectivity index (χ1n) is 8.10. The Balaban J connectivity index is 1.58. The topological polar surface area (TPSA) is 107 Å². The van der Waals surface area contributed by atoms with Crippen LogP contribution in [0.3, 0.4) is 0 Å². The summed E-state index contributed by atoms with van der Waals surface area (Å²) in [4.78, 5) is 22.8. The Morgan fingerprint density at radius 1 is 1.14 bits per heavy atom. The largest absolute Gasteiger partial charge is 0.484 e. The van der Waals surface area contributed by atoms with E-state index in [0.717, 1.165) is 11.1 Å². The van der Waals surface area contributed by atoms with Gasteiger partial charge in [-0.25, -0.2) is 0 Å². The van der Waals surface area contributed by atoms with Gasteiger partial charge in [-0.1, -0.05) is 53.3 Å². The molecule has 2 amide bonds. The molecule has 0 radical (unpaired) electrons. The number of benzene rings is 2. The van der Waals surface area contributed by atoms with Gasteiger partial charge in [0.1, 0.15) is 5.75 Å². The van der Waals surface area contributed by atoms with Crippen LogP contribution in [0.25, 0.3) is 16.6 Å². The number of nitrogens with one attached hydrogen (secondary N) is 1. The maximum Gasteiger partial charge on any atom is 0.255 e. The molecule has 0 atom stereocenters. The molecule has 0 saturated heterocycles. The van der Waals surface area contributed by atoms with Gasteiger partial charge in [-0.2, -0.15) is 0 Å². The number of rotatable bonds is 7. The Kier molecular flexibility index (Phi) is 6.36. The van der Waals surface area contributed by atoms with E-state index < -0.39 is 5.91 Å². The van der Waals surface area contributed by atoms with E-state index >= 15 is 0 Å². The zero-order chi connectivity index (χ0) is 19.9. The predicted octanol–water partition coefficient (Wildman–Crippen LogP) is 3.37. The van der Waals surface area contributed by atoms with Crippen molar-refractivity contribution in [3.63, 3.8) is 0 Å². The Morgan fingerprint density at radius 2 is 1.89 bits per heavy atom. The predicted molar refractivity (Wildman–Crippen MR) is 109 cm³/mol. The zero-order valence-corrected chi connectivity index (χ0v) is 16.0. The van der Waals surface area contributed by atoms with Crippen molar-refractivity contribution in [2.45, 2.75) is 0 Å². The Morgan fingerprint density at radius 3 is 2.61 bits per heavy atom. The van der Waals surface area contributed by atoms with Crippen molar-refractivity contribution in [1.29, 1.82) is 0 Å². The lowest BCUT2D eigenvalue weighted by molar-refractivity contribution is -0.120. The summed E-state index contributed by atoms with van der Waals surface area (Å²) in [5.74, 6) is -0.368. The molecule has 0 bridgehead atoms. The fourth-order valence-corrected chi connectivity index (χ4v) is 3.23. The van der Waals surface area contributed by atoms with Gasteiger partial charge in [-0.3, -0.25) is 14.9 Å². The molecule has 7 nitrogen and oxygen atoms in total. The highest BCUT2D eigenvalue weighted by Crippen LogP contribution is 2.31. The highest BCUT2D eigenvalue weighted by atomic mass is 35.5. The molecule has 0 aliphatic rings. The summed E-state index contributed by atoms with van der Waals surface area (Å²) in [6, 6.07) is 14.2. The van der Waals surface area contributed by atoms with Crippen LogP contribution in [0.2, 0.25) is 5.02 Å². The van der Waals surface area contributed by atoms with Crippen LogP contribution in [0.5, 0.6) is 5.75 Å². The summed E-state index contributed by atoms with van der Waals surface area (Å²) in [5, 5.41) is 12.3. The first-order valence-corrected chi connectivity index (χ1v) is 9.29. The molecular formula is C19H15ClN4O3S. The molecule has 1 aromatic heterocycles. The molecule has 0 spiro atoms. The number of amides is 2. The summed E-state index contributed by atoms with van der Waals surface area (Å²) >= 11 is 7.38. The minimum Gasteiger partial charge on any atom is -0.484 e. The van der Waals surface area contributed by atoms with Gasteiger partial charge in [0, 0.05) is 11.6 Å². The van der Waals surface area contributed by atoms with Crippen LogP contribution in [0, 0.1) is 0 Å². The molecule has 0 aliphatic heterocycles. The van der Waals surface area contributed by atoms with Crippen LogP contribution in [0.4, 0.5) is 5.13 Å². The molecule has 0 unspecified atom stereocenters. The van der Waals surface area contributed by atoms with Crippen molar-refractivity contribution in [1.82, 2.24) is 10.2 Å².